The molecule has 0 unspecified atom stereocenters. The van der Waals surface area contributed by atoms with E-state index in [2.05, 4.69) is 260 Å². The van der Waals surface area contributed by atoms with Crippen LogP contribution in [0.1, 0.15) is 241 Å². The Balaban J connectivity index is 0. The fourth-order valence-corrected chi connectivity index (χ4v) is 7.81. The van der Waals surface area contributed by atoms with Crippen molar-refractivity contribution in [2.24, 2.45) is 37.9 Å². The van der Waals surface area contributed by atoms with Gasteiger partial charge in [-0.15, -0.1) is 29.3 Å². The monoisotopic (exact) mass is 1070 g/mol. The van der Waals surface area contributed by atoms with Crippen molar-refractivity contribution in [3.63, 3.8) is 0 Å². The molecule has 0 radical (unpaired) electrons. The molecular weight excluding hydrogens is 961 g/mol. The zero-order valence-electron chi connectivity index (χ0n) is 54.7. The number of aromatic nitrogens is 10. The van der Waals surface area contributed by atoms with E-state index >= 15 is 0 Å². The maximum absolute atomic E-state index is 4.40. The van der Waals surface area contributed by atoms with Crippen LogP contribution in [0.25, 0.3) is 0 Å². The van der Waals surface area contributed by atoms with Crippen molar-refractivity contribution in [1.29, 1.82) is 0 Å². The first-order chi connectivity index (χ1) is 33.4. The average molecular weight is 1080 g/mol. The number of hydrogen-bond acceptors (Lipinski definition) is 8. The Morgan fingerprint density at radius 3 is 1.28 bits per heavy atom. The lowest BCUT2D eigenvalue weighted by molar-refractivity contribution is 0.283. The van der Waals surface area contributed by atoms with Crippen molar-refractivity contribution in [2.75, 3.05) is 0 Å². The second-order valence-corrected chi connectivity index (χ2v) is 30.3. The minimum atomic E-state index is 0.204. The van der Waals surface area contributed by atoms with Crippen LogP contribution in [-0.4, -0.2) is 49.3 Å². The van der Waals surface area contributed by atoms with E-state index in [1.54, 1.807) is 28.9 Å². The summed E-state index contributed by atoms with van der Waals surface area (Å²) in [5.41, 5.74) is 14.1. The van der Waals surface area contributed by atoms with Crippen LogP contribution in [0.5, 0.6) is 0 Å². The molecule has 1 N–H and O–H groups in total. The summed E-state index contributed by atoms with van der Waals surface area (Å²) >= 11 is 3.44. The van der Waals surface area contributed by atoms with E-state index in [0.717, 1.165) is 22.4 Å². The van der Waals surface area contributed by atoms with Gasteiger partial charge in [-0.1, -0.05) is 186 Å². The zero-order valence-corrected chi connectivity index (χ0v) is 56.4. The zero-order chi connectivity index (χ0) is 59.7. The Labute approximate surface area is 469 Å². The molecule has 6 heterocycles. The molecule has 0 amide bonds. The molecule has 0 spiro atoms. The highest BCUT2D eigenvalue weighted by molar-refractivity contribution is 7.09. The number of thiazole rings is 2. The largest absolute Gasteiger partial charge is 0.335 e. The van der Waals surface area contributed by atoms with Gasteiger partial charge >= 0.3 is 0 Å². The van der Waals surface area contributed by atoms with Crippen LogP contribution in [0.15, 0.2) is 54.4 Å². The van der Waals surface area contributed by atoms with Crippen molar-refractivity contribution in [2.45, 2.75) is 247 Å². The molecule has 0 fully saturated rings. The molecule has 0 aliphatic heterocycles. The number of rotatable bonds is 0. The number of allylic oxidation sites excluding steroid dienone is 1. The van der Waals surface area contributed by atoms with Crippen LogP contribution in [0.3, 0.4) is 0 Å². The van der Waals surface area contributed by atoms with Crippen LogP contribution in [0.2, 0.25) is 0 Å². The first-order valence-electron chi connectivity index (χ1n) is 26.8. The lowest BCUT2D eigenvalue weighted by atomic mass is 9.84. The van der Waals surface area contributed by atoms with Gasteiger partial charge in [0.2, 0.25) is 0 Å². The quantitative estimate of drug-likeness (QED) is 0.152. The lowest BCUT2D eigenvalue weighted by Gasteiger charge is -2.22. The van der Waals surface area contributed by atoms with Gasteiger partial charge in [-0.25, -0.2) is 9.97 Å². The summed E-state index contributed by atoms with van der Waals surface area (Å²) in [5.74, 6) is 1.88. The standard InChI is InChI=1S/C10H18N2.2C9H16N2.C8H13NS.C7H12N2.C7H11NS.C7H16.C6H12/c1-7-9(10(3,4)5)8(2)12(6)11-7;1-7-10-6-8(11(7)5)9(2,3)4;1-7-8(9(2,3)4)6-10-11(7)5;1-6-9-7(5-10-6)8(2,3)4;1-7(2,3)6-4-5-8-9-6;1-7(2,3)6-4-8-5-9-6;1-6(2)7(3,4)5;1-5-6(2,3)4/h1-6H3;2*6H,1-5H3;5H,1-4H3;4-5H,1-3H3,(H,8,9);4-5H,1-3H3;6H,1-5H3;5H,1H2,2-4H3. The van der Waals surface area contributed by atoms with Crippen LogP contribution in [0.4, 0.5) is 0 Å². The normalized spacial score (nSPS) is 12.0. The molecule has 0 aliphatic rings. The third kappa shape index (κ3) is 28.7. The molecule has 6 rings (SSSR count). The van der Waals surface area contributed by atoms with Gasteiger partial charge in [-0.2, -0.15) is 15.3 Å². The van der Waals surface area contributed by atoms with E-state index < -0.39 is 0 Å². The number of nitrogens with zero attached hydrogens (tertiary/aromatic N) is 9. The Bertz CT molecular complexity index is 2360. The number of nitrogens with one attached hydrogen (secondary N) is 1. The third-order valence-electron chi connectivity index (χ3n) is 12.5. The van der Waals surface area contributed by atoms with Gasteiger partial charge in [0.1, 0.15) is 5.82 Å². The molecule has 0 saturated heterocycles. The van der Waals surface area contributed by atoms with Gasteiger partial charge in [0, 0.05) is 94.6 Å². The van der Waals surface area contributed by atoms with Crippen molar-refractivity contribution in [3.05, 3.63) is 115 Å². The maximum atomic E-state index is 4.40. The van der Waals surface area contributed by atoms with Crippen molar-refractivity contribution >= 4 is 22.7 Å². The summed E-state index contributed by atoms with van der Waals surface area (Å²) in [6, 6.07) is 2.00. The lowest BCUT2D eigenvalue weighted by Crippen LogP contribution is -2.16. The molecule has 0 aromatic carbocycles. The second-order valence-electron chi connectivity index (χ2n) is 28.4. The van der Waals surface area contributed by atoms with E-state index in [-0.39, 0.29) is 32.5 Å². The Morgan fingerprint density at radius 1 is 0.613 bits per heavy atom. The molecule has 0 atom stereocenters. The van der Waals surface area contributed by atoms with Crippen molar-refractivity contribution in [3.8, 4) is 0 Å². The topological polar surface area (TPSA) is 108 Å². The summed E-state index contributed by atoms with van der Waals surface area (Å²) < 4.78 is 6.01. The molecule has 6 aromatic heterocycles. The summed E-state index contributed by atoms with van der Waals surface area (Å²) in [6.45, 7) is 71.1. The van der Waals surface area contributed by atoms with Gasteiger partial charge < -0.3 is 4.57 Å². The Morgan fingerprint density at radius 2 is 1.12 bits per heavy atom. The summed E-state index contributed by atoms with van der Waals surface area (Å²) in [6.07, 6.45) is 9.56. The molecule has 75 heavy (non-hydrogen) atoms. The van der Waals surface area contributed by atoms with Crippen molar-refractivity contribution < 1.29 is 0 Å². The van der Waals surface area contributed by atoms with Crippen LogP contribution in [-0.2, 0) is 53.6 Å². The molecular formula is C63H114N10S2. The summed E-state index contributed by atoms with van der Waals surface area (Å²) in [5, 5.41) is 18.7. The fourth-order valence-electron chi connectivity index (χ4n) is 6.26. The highest BCUT2D eigenvalue weighted by Crippen LogP contribution is 2.29. The molecule has 428 valence electrons. The van der Waals surface area contributed by atoms with Crippen LogP contribution in [0, 0.1) is 51.4 Å². The SMILES string of the molecule is C=CC(C)(C)C.CC(C)(C)c1ccn[nH]1.CC(C)(C)c1cncs1.CC(C)C(C)(C)C.Cc1c(C(C)(C)C)cnn1C.Cc1nc(C(C)(C)C)cs1.Cc1ncc(C(C)(C)C)n1C.Cc1nn(C)c(C)c1C(C)(C)C. The minimum Gasteiger partial charge on any atom is -0.335 e. The Kier molecular flexibility index (Phi) is 28.7. The number of aromatic amines is 1. The van der Waals surface area contributed by atoms with Gasteiger partial charge in [-0.05, 0) is 79.2 Å². The molecule has 0 bridgehead atoms. The molecule has 6 aromatic rings. The van der Waals surface area contributed by atoms with Gasteiger partial charge in [0.25, 0.3) is 0 Å². The number of H-pyrrole nitrogens is 1. The van der Waals surface area contributed by atoms with Gasteiger partial charge in [0.15, 0.2) is 0 Å². The predicted octanol–water partition coefficient (Wildman–Crippen LogP) is 18.2. The first-order valence-corrected chi connectivity index (χ1v) is 28.6. The predicted molar refractivity (Wildman–Crippen MR) is 332 cm³/mol. The van der Waals surface area contributed by atoms with Crippen LogP contribution < -0.4 is 0 Å². The Hall–Kier alpha value is -4.16. The van der Waals surface area contributed by atoms with Gasteiger partial charge in [0.05, 0.1) is 28.1 Å². The number of imidazole rings is 1. The number of hydrogen-bond donors (Lipinski definition) is 1. The van der Waals surface area contributed by atoms with E-state index in [0.29, 0.717) is 10.8 Å². The average Bonchev–Trinajstić information content (AvgIpc) is 4.08. The van der Waals surface area contributed by atoms with E-state index in [9.17, 15) is 0 Å². The second kappa shape index (κ2) is 29.5. The highest BCUT2D eigenvalue weighted by Gasteiger charge is 2.23. The summed E-state index contributed by atoms with van der Waals surface area (Å²) in [4.78, 5) is 14.0. The third-order valence-corrected chi connectivity index (χ3v) is 14.5. The first kappa shape index (κ1) is 72.9. The maximum Gasteiger partial charge on any atom is 0.105 e. The highest BCUT2D eigenvalue weighted by atomic mass is 32.1. The van der Waals surface area contributed by atoms with E-state index in [4.69, 9.17) is 0 Å². The molecule has 0 aliphatic carbocycles. The summed E-state index contributed by atoms with van der Waals surface area (Å²) in [7, 11) is 6.03. The number of aryl methyl sites for hydroxylation is 5. The van der Waals surface area contributed by atoms with E-state index in [1.807, 2.05) is 73.5 Å². The van der Waals surface area contributed by atoms with Crippen LogP contribution >= 0.6 is 22.7 Å². The van der Waals surface area contributed by atoms with Gasteiger partial charge in [-0.3, -0.25) is 19.4 Å². The minimum absolute atomic E-state index is 0.204. The molecule has 0 saturated carbocycles. The smallest absolute Gasteiger partial charge is 0.105 e. The molecule has 12 heteroatoms. The van der Waals surface area contributed by atoms with E-state index in [1.165, 1.54) is 44.5 Å². The molecule has 10 nitrogen and oxygen atoms in total. The fraction of sp³-hybridized carbons (Fsp3) is 0.683. The van der Waals surface area contributed by atoms with Crippen molar-refractivity contribution in [1.82, 2.24) is 49.3 Å².